The lowest BCUT2D eigenvalue weighted by Crippen LogP contribution is -2.59. The van der Waals surface area contributed by atoms with E-state index in [-0.39, 0.29) is 18.8 Å². The van der Waals surface area contributed by atoms with E-state index in [2.05, 4.69) is 16.0 Å². The molecular formula is C35H54N4O9. The molecule has 3 amide bonds. The first-order chi connectivity index (χ1) is 22.7. The fourth-order valence-electron chi connectivity index (χ4n) is 6.01. The Morgan fingerprint density at radius 2 is 1.73 bits per heavy atom. The molecule has 1 aliphatic heterocycles. The number of carbonyl (C=O) groups is 5. The van der Waals surface area contributed by atoms with Crippen LogP contribution in [-0.4, -0.2) is 103 Å². The van der Waals surface area contributed by atoms with E-state index < -0.39 is 72.4 Å². The normalized spacial score (nSPS) is 24.4. The van der Waals surface area contributed by atoms with Gasteiger partial charge in [0.25, 0.3) is 0 Å². The second kappa shape index (κ2) is 18.7. The second-order valence-electron chi connectivity index (χ2n) is 14.1. The number of ether oxygens (including phenoxy) is 3. The molecule has 0 bridgehead atoms. The number of nitrogens with one attached hydrogen (secondary N) is 3. The van der Waals surface area contributed by atoms with Crippen LogP contribution in [0.25, 0.3) is 0 Å². The molecule has 1 aromatic carbocycles. The predicted molar refractivity (Wildman–Crippen MR) is 178 cm³/mol. The Morgan fingerprint density at radius 3 is 2.38 bits per heavy atom. The highest BCUT2D eigenvalue weighted by Crippen LogP contribution is 2.28. The lowest BCUT2D eigenvalue weighted by molar-refractivity contribution is -0.162. The molecule has 1 aromatic rings. The number of aliphatic hydroxyl groups excluding tert-OH is 1. The molecule has 2 fully saturated rings. The Bertz CT molecular complexity index is 1210. The molecule has 1 saturated heterocycles. The summed E-state index contributed by atoms with van der Waals surface area (Å²) in [6.07, 6.45) is 2.99. The van der Waals surface area contributed by atoms with E-state index in [4.69, 9.17) is 14.2 Å². The first-order valence-corrected chi connectivity index (χ1v) is 17.0. The van der Waals surface area contributed by atoms with Crippen LogP contribution in [0.1, 0.15) is 84.1 Å². The number of aliphatic hydroxyl groups is 1. The molecule has 3 rings (SSSR count). The Labute approximate surface area is 283 Å². The maximum absolute atomic E-state index is 13.8. The van der Waals surface area contributed by atoms with Gasteiger partial charge in [-0.3, -0.25) is 14.4 Å². The first-order valence-electron chi connectivity index (χ1n) is 17.0. The fraction of sp³-hybridized carbons (Fsp3) is 0.686. The molecule has 2 unspecified atom stereocenters. The van der Waals surface area contributed by atoms with Crippen molar-refractivity contribution in [2.24, 2.45) is 5.92 Å². The number of amides is 3. The van der Waals surface area contributed by atoms with E-state index in [1.807, 2.05) is 25.1 Å². The van der Waals surface area contributed by atoms with Gasteiger partial charge in [0.05, 0.1) is 6.04 Å². The van der Waals surface area contributed by atoms with E-state index in [9.17, 15) is 29.1 Å². The largest absolute Gasteiger partial charge is 0.463 e. The summed E-state index contributed by atoms with van der Waals surface area (Å²) in [5.41, 5.74) is -0.0730. The highest BCUT2D eigenvalue weighted by Gasteiger charge is 2.36. The minimum atomic E-state index is -1.65. The second-order valence-corrected chi connectivity index (χ2v) is 14.1. The molecule has 1 saturated carbocycles. The number of hydrogen-bond donors (Lipinski definition) is 4. The lowest BCUT2D eigenvalue weighted by atomic mass is 9.83. The molecule has 13 nitrogen and oxygen atoms in total. The highest BCUT2D eigenvalue weighted by atomic mass is 16.6. The summed E-state index contributed by atoms with van der Waals surface area (Å²) in [6, 6.07) is 5.48. The van der Waals surface area contributed by atoms with Gasteiger partial charge < -0.3 is 40.2 Å². The molecule has 0 spiro atoms. The number of rotatable bonds is 9. The zero-order valence-electron chi connectivity index (χ0n) is 29.0. The van der Waals surface area contributed by atoms with Crippen molar-refractivity contribution in [3.8, 4) is 0 Å². The van der Waals surface area contributed by atoms with E-state index in [1.54, 1.807) is 45.0 Å². The molecule has 1 heterocycles. The fourth-order valence-corrected chi connectivity index (χ4v) is 6.01. The number of likely N-dealkylation sites (N-methyl/N-ethyl adjacent to an activating group) is 1. The summed E-state index contributed by atoms with van der Waals surface area (Å²) in [4.78, 5) is 68.1. The number of nitrogens with zero attached hydrogens (tertiary/aromatic N) is 1. The maximum atomic E-state index is 13.8. The smallest absolute Gasteiger partial charge is 0.408 e. The molecule has 48 heavy (non-hydrogen) atoms. The average Bonchev–Trinajstić information content (AvgIpc) is 3.01. The van der Waals surface area contributed by atoms with Gasteiger partial charge >= 0.3 is 18.0 Å². The van der Waals surface area contributed by atoms with Gasteiger partial charge in [0.1, 0.15) is 30.4 Å². The van der Waals surface area contributed by atoms with Gasteiger partial charge in [-0.2, -0.15) is 0 Å². The number of alkyl carbamates (subject to hydrolysis) is 1. The predicted octanol–water partition coefficient (Wildman–Crippen LogP) is 2.62. The third-order valence-electron chi connectivity index (χ3n) is 8.35. The van der Waals surface area contributed by atoms with Crippen molar-refractivity contribution < 1.29 is 43.3 Å². The van der Waals surface area contributed by atoms with Gasteiger partial charge in [0, 0.05) is 19.4 Å². The zero-order chi connectivity index (χ0) is 35.3. The summed E-state index contributed by atoms with van der Waals surface area (Å²) in [6.45, 7) is 5.00. The molecule has 0 radical (unpaired) electrons. The molecule has 13 heteroatoms. The number of hydrogen-bond acceptors (Lipinski definition) is 10. The standard InChI is InChI=1S/C35H54N4O9/c1-35(2,3)48-34(45)38-27(20-24-15-10-7-11-16-24)31(42)37-28-22-46-29(40)18-12-17-25(21-39(4)5)47-33(44)30(41)26(36-32(28)43)19-23-13-8-6-9-14-23/h7,10-11,15-16,23,25-28,30,41H,6,8-9,12-14,17-22H2,1-5H3,(H,36,43)(H,37,42)(H,38,45)/t25?,26-,27?,28-,30+/m0/s1. The average molecular weight is 675 g/mol. The topological polar surface area (TPSA) is 173 Å². The van der Waals surface area contributed by atoms with Gasteiger partial charge in [-0.15, -0.1) is 0 Å². The van der Waals surface area contributed by atoms with Gasteiger partial charge in [-0.25, -0.2) is 9.59 Å². The van der Waals surface area contributed by atoms with Crippen LogP contribution < -0.4 is 16.0 Å². The summed E-state index contributed by atoms with van der Waals surface area (Å²) < 4.78 is 16.5. The first kappa shape index (κ1) is 38.7. The van der Waals surface area contributed by atoms with Crippen molar-refractivity contribution in [2.75, 3.05) is 27.2 Å². The zero-order valence-corrected chi connectivity index (χ0v) is 29.0. The Balaban J connectivity index is 1.87. The lowest BCUT2D eigenvalue weighted by Gasteiger charge is -2.32. The number of benzene rings is 1. The monoisotopic (exact) mass is 674 g/mol. The van der Waals surface area contributed by atoms with Gasteiger partial charge in [0.15, 0.2) is 6.10 Å². The Morgan fingerprint density at radius 1 is 1.04 bits per heavy atom. The molecule has 0 aromatic heterocycles. The van der Waals surface area contributed by atoms with Crippen LogP contribution in [0.5, 0.6) is 0 Å². The highest BCUT2D eigenvalue weighted by molar-refractivity contribution is 5.92. The Hall–Kier alpha value is -3.71. The summed E-state index contributed by atoms with van der Waals surface area (Å²) >= 11 is 0. The summed E-state index contributed by atoms with van der Waals surface area (Å²) in [5.74, 6) is -2.73. The SMILES string of the molecule is CN(C)CC1CCCC(=O)OC[C@H](NC(=O)C(Cc2ccccc2)NC(=O)OC(C)(C)C)C(=O)N[C@@H](CC2CCCCC2)[C@@H](O)C(=O)O1. The third kappa shape index (κ3) is 13.8. The maximum Gasteiger partial charge on any atom is 0.408 e. The van der Waals surface area contributed by atoms with Crippen molar-refractivity contribution in [1.29, 1.82) is 0 Å². The minimum absolute atomic E-state index is 0.00649. The van der Waals surface area contributed by atoms with Gasteiger partial charge in [-0.1, -0.05) is 62.4 Å². The van der Waals surface area contributed by atoms with Crippen molar-refractivity contribution in [2.45, 2.75) is 121 Å². The van der Waals surface area contributed by atoms with Crippen molar-refractivity contribution >= 4 is 29.8 Å². The van der Waals surface area contributed by atoms with Crippen LogP contribution in [-0.2, 0) is 39.8 Å². The van der Waals surface area contributed by atoms with Crippen LogP contribution in [0.3, 0.4) is 0 Å². The van der Waals surface area contributed by atoms with E-state index >= 15 is 0 Å². The molecule has 268 valence electrons. The molecule has 5 atom stereocenters. The van der Waals surface area contributed by atoms with E-state index in [1.165, 1.54) is 0 Å². The van der Waals surface area contributed by atoms with E-state index in [0.29, 0.717) is 25.8 Å². The van der Waals surface area contributed by atoms with Crippen LogP contribution in [0.2, 0.25) is 0 Å². The van der Waals surface area contributed by atoms with Crippen molar-refractivity contribution in [1.82, 2.24) is 20.9 Å². The summed E-state index contributed by atoms with van der Waals surface area (Å²) in [7, 11) is 3.66. The van der Waals surface area contributed by atoms with Crippen molar-refractivity contribution in [3.05, 3.63) is 35.9 Å². The minimum Gasteiger partial charge on any atom is -0.463 e. The number of cyclic esters (lactones) is 2. The molecule has 2 aliphatic rings. The quantitative estimate of drug-likeness (QED) is 0.225. The van der Waals surface area contributed by atoms with E-state index in [0.717, 1.165) is 37.7 Å². The van der Waals surface area contributed by atoms with Crippen LogP contribution in [0.4, 0.5) is 4.79 Å². The molecule has 4 N–H and O–H groups in total. The number of esters is 2. The summed E-state index contributed by atoms with van der Waals surface area (Å²) in [5, 5.41) is 19.3. The van der Waals surface area contributed by atoms with Crippen LogP contribution in [0.15, 0.2) is 30.3 Å². The number of carbonyl (C=O) groups excluding carboxylic acids is 5. The van der Waals surface area contributed by atoms with Gasteiger partial charge in [0.2, 0.25) is 11.8 Å². The van der Waals surface area contributed by atoms with Crippen LogP contribution >= 0.6 is 0 Å². The van der Waals surface area contributed by atoms with Crippen molar-refractivity contribution in [3.63, 3.8) is 0 Å². The third-order valence-corrected chi connectivity index (χ3v) is 8.35. The molecular weight excluding hydrogens is 620 g/mol. The van der Waals surface area contributed by atoms with Crippen LogP contribution in [0, 0.1) is 5.92 Å². The molecule has 1 aliphatic carbocycles. The van der Waals surface area contributed by atoms with Gasteiger partial charge in [-0.05, 0) is 65.6 Å². The Kier molecular flexibility index (Phi) is 15.1.